The molecule has 3 aromatic rings. The van der Waals surface area contributed by atoms with Gasteiger partial charge in [-0.25, -0.2) is 4.98 Å². The molecular weight excluding hydrogens is 252 g/mol. The number of nitrogens with one attached hydrogen (secondary N) is 2. The van der Waals surface area contributed by atoms with E-state index < -0.39 is 0 Å². The Kier molecular flexibility index (Phi) is 2.98. The molecule has 3 rings (SSSR count). The molecule has 0 saturated carbocycles. The lowest BCUT2D eigenvalue weighted by Gasteiger charge is -2.15. The number of pyridine rings is 1. The summed E-state index contributed by atoms with van der Waals surface area (Å²) in [5.74, 6) is 0.792. The fourth-order valence-electron chi connectivity index (χ4n) is 2.22. The molecule has 20 heavy (non-hydrogen) atoms. The average molecular weight is 268 g/mol. The molecule has 0 amide bonds. The Hall–Kier alpha value is -2.63. The zero-order valence-corrected chi connectivity index (χ0v) is 11.4. The SMILES string of the molecule is Cc1cc2c(NC(C)c3ncn[nH]3)ccc(N)c2cn1. The van der Waals surface area contributed by atoms with E-state index in [4.69, 9.17) is 5.73 Å². The minimum atomic E-state index is 0.0257. The number of rotatable bonds is 3. The summed E-state index contributed by atoms with van der Waals surface area (Å²) < 4.78 is 0. The number of hydrogen-bond donors (Lipinski definition) is 3. The van der Waals surface area contributed by atoms with E-state index in [-0.39, 0.29) is 6.04 Å². The summed E-state index contributed by atoms with van der Waals surface area (Å²) in [7, 11) is 0. The molecule has 6 nitrogen and oxygen atoms in total. The van der Waals surface area contributed by atoms with Crippen molar-refractivity contribution >= 4 is 22.1 Å². The molecule has 2 aromatic heterocycles. The lowest BCUT2D eigenvalue weighted by molar-refractivity contribution is 0.797. The highest BCUT2D eigenvalue weighted by Gasteiger charge is 2.11. The van der Waals surface area contributed by atoms with Gasteiger partial charge < -0.3 is 11.1 Å². The van der Waals surface area contributed by atoms with Gasteiger partial charge in [0.2, 0.25) is 0 Å². The maximum absolute atomic E-state index is 6.00. The van der Waals surface area contributed by atoms with E-state index in [1.165, 1.54) is 6.33 Å². The average Bonchev–Trinajstić information content (AvgIpc) is 2.96. The number of aromatic nitrogens is 4. The van der Waals surface area contributed by atoms with Crippen LogP contribution in [0.1, 0.15) is 24.5 Å². The molecule has 1 aromatic carbocycles. The van der Waals surface area contributed by atoms with Crippen molar-refractivity contribution in [3.63, 3.8) is 0 Å². The third-order valence-corrected chi connectivity index (χ3v) is 3.29. The molecule has 0 saturated heterocycles. The van der Waals surface area contributed by atoms with Crippen molar-refractivity contribution in [2.45, 2.75) is 19.9 Å². The summed E-state index contributed by atoms with van der Waals surface area (Å²) in [4.78, 5) is 8.46. The second-order valence-corrected chi connectivity index (χ2v) is 4.81. The number of hydrogen-bond acceptors (Lipinski definition) is 5. The van der Waals surface area contributed by atoms with Gasteiger partial charge in [-0.2, -0.15) is 5.10 Å². The number of nitrogen functional groups attached to an aromatic ring is 1. The largest absolute Gasteiger partial charge is 0.398 e. The molecule has 1 atom stereocenters. The maximum Gasteiger partial charge on any atom is 0.146 e. The van der Waals surface area contributed by atoms with Crippen molar-refractivity contribution in [1.82, 2.24) is 20.2 Å². The number of nitrogens with two attached hydrogens (primary N) is 1. The third kappa shape index (κ3) is 2.16. The highest BCUT2D eigenvalue weighted by Crippen LogP contribution is 2.30. The van der Waals surface area contributed by atoms with Gasteiger partial charge in [0.15, 0.2) is 0 Å². The molecule has 0 aliphatic carbocycles. The van der Waals surface area contributed by atoms with Gasteiger partial charge in [-0.1, -0.05) is 0 Å². The number of nitrogens with zero attached hydrogens (tertiary/aromatic N) is 3. The topological polar surface area (TPSA) is 92.5 Å². The van der Waals surface area contributed by atoms with Gasteiger partial charge in [-0.15, -0.1) is 0 Å². The van der Waals surface area contributed by atoms with Crippen LogP contribution in [0.15, 0.2) is 30.7 Å². The Labute approximate surface area is 116 Å². The molecule has 0 radical (unpaired) electrons. The second-order valence-electron chi connectivity index (χ2n) is 4.81. The van der Waals surface area contributed by atoms with E-state index in [1.54, 1.807) is 0 Å². The summed E-state index contributed by atoms with van der Waals surface area (Å²) in [5.41, 5.74) is 8.69. The van der Waals surface area contributed by atoms with Crippen molar-refractivity contribution in [3.8, 4) is 0 Å². The molecule has 0 spiro atoms. The molecule has 2 heterocycles. The summed E-state index contributed by atoms with van der Waals surface area (Å²) in [6.45, 7) is 3.99. The summed E-state index contributed by atoms with van der Waals surface area (Å²) >= 11 is 0. The van der Waals surface area contributed by atoms with Crippen molar-refractivity contribution < 1.29 is 0 Å². The maximum atomic E-state index is 6.00. The molecule has 6 heteroatoms. The second kappa shape index (κ2) is 4.80. The lowest BCUT2D eigenvalue weighted by Crippen LogP contribution is -2.09. The van der Waals surface area contributed by atoms with Crippen LogP contribution in [0.25, 0.3) is 10.8 Å². The number of H-pyrrole nitrogens is 1. The van der Waals surface area contributed by atoms with Crippen LogP contribution in [0.4, 0.5) is 11.4 Å². The van der Waals surface area contributed by atoms with E-state index in [1.807, 2.05) is 38.2 Å². The standard InChI is InChI=1S/C14H16N6/c1-8-5-10-11(6-16-8)12(15)3-4-13(10)19-9(2)14-17-7-18-20-14/h3-7,9,19H,15H2,1-2H3,(H,17,18,20). The number of aryl methyl sites for hydroxylation is 1. The van der Waals surface area contributed by atoms with Crippen molar-refractivity contribution in [1.29, 1.82) is 0 Å². The van der Waals surface area contributed by atoms with Gasteiger partial charge in [0.05, 0.1) is 6.04 Å². The van der Waals surface area contributed by atoms with E-state index >= 15 is 0 Å². The third-order valence-electron chi connectivity index (χ3n) is 3.29. The Bertz CT molecular complexity index is 735. The van der Waals surface area contributed by atoms with Crippen LogP contribution >= 0.6 is 0 Å². The smallest absolute Gasteiger partial charge is 0.146 e. The van der Waals surface area contributed by atoms with Gasteiger partial charge in [0, 0.05) is 34.0 Å². The Morgan fingerprint density at radius 3 is 2.85 bits per heavy atom. The van der Waals surface area contributed by atoms with Crippen molar-refractivity contribution in [2.24, 2.45) is 0 Å². The van der Waals surface area contributed by atoms with Gasteiger partial charge in [0.25, 0.3) is 0 Å². The highest BCUT2D eigenvalue weighted by atomic mass is 15.2. The zero-order chi connectivity index (χ0) is 14.1. The first-order valence-corrected chi connectivity index (χ1v) is 6.42. The van der Waals surface area contributed by atoms with E-state index in [0.717, 1.165) is 33.7 Å². The van der Waals surface area contributed by atoms with Gasteiger partial charge in [0.1, 0.15) is 12.2 Å². The van der Waals surface area contributed by atoms with Crippen LogP contribution in [-0.4, -0.2) is 20.2 Å². The van der Waals surface area contributed by atoms with E-state index in [9.17, 15) is 0 Å². The van der Waals surface area contributed by atoms with Crippen LogP contribution in [0, 0.1) is 6.92 Å². The summed E-state index contributed by atoms with van der Waals surface area (Å²) in [6, 6.07) is 5.91. The fourth-order valence-corrected chi connectivity index (χ4v) is 2.22. The number of anilines is 2. The van der Waals surface area contributed by atoms with E-state index in [2.05, 4.69) is 25.5 Å². The predicted octanol–water partition coefficient (Wildman–Crippen LogP) is 2.42. The molecule has 4 N–H and O–H groups in total. The minimum absolute atomic E-state index is 0.0257. The highest BCUT2D eigenvalue weighted by molar-refractivity contribution is 6.00. The number of aromatic amines is 1. The Morgan fingerprint density at radius 1 is 1.25 bits per heavy atom. The first-order valence-electron chi connectivity index (χ1n) is 6.42. The van der Waals surface area contributed by atoms with Gasteiger partial charge >= 0.3 is 0 Å². The monoisotopic (exact) mass is 268 g/mol. The summed E-state index contributed by atoms with van der Waals surface area (Å²) in [6.07, 6.45) is 3.31. The fraction of sp³-hybridized carbons (Fsp3) is 0.214. The van der Waals surface area contributed by atoms with Crippen LogP contribution in [-0.2, 0) is 0 Å². The van der Waals surface area contributed by atoms with Crippen molar-refractivity contribution in [3.05, 3.63) is 42.2 Å². The van der Waals surface area contributed by atoms with Crippen molar-refractivity contribution in [2.75, 3.05) is 11.1 Å². The van der Waals surface area contributed by atoms with E-state index in [0.29, 0.717) is 0 Å². The lowest BCUT2D eigenvalue weighted by atomic mass is 10.1. The minimum Gasteiger partial charge on any atom is -0.398 e. The van der Waals surface area contributed by atoms with Gasteiger partial charge in [-0.3, -0.25) is 10.1 Å². The molecule has 0 bridgehead atoms. The quantitative estimate of drug-likeness (QED) is 0.634. The normalized spacial score (nSPS) is 12.5. The number of fused-ring (bicyclic) bond motifs is 1. The first kappa shape index (κ1) is 12.4. The predicted molar refractivity (Wildman–Crippen MR) is 79.3 cm³/mol. The molecule has 1 unspecified atom stereocenters. The summed E-state index contributed by atoms with van der Waals surface area (Å²) in [5, 5.41) is 12.2. The molecule has 0 aliphatic heterocycles. The van der Waals surface area contributed by atoms with Crippen LogP contribution in [0.2, 0.25) is 0 Å². The van der Waals surface area contributed by atoms with Crippen LogP contribution in [0.5, 0.6) is 0 Å². The zero-order valence-electron chi connectivity index (χ0n) is 11.4. The Balaban J connectivity index is 2.03. The van der Waals surface area contributed by atoms with Crippen LogP contribution in [0.3, 0.4) is 0 Å². The number of benzene rings is 1. The first-order chi connectivity index (χ1) is 9.65. The van der Waals surface area contributed by atoms with Crippen LogP contribution < -0.4 is 11.1 Å². The molecule has 102 valence electrons. The van der Waals surface area contributed by atoms with Gasteiger partial charge in [-0.05, 0) is 32.0 Å². The molecular formula is C14H16N6. The Morgan fingerprint density at radius 2 is 2.10 bits per heavy atom. The molecule has 0 aliphatic rings. The molecule has 0 fully saturated rings.